The second-order valence-electron chi connectivity index (χ2n) is 12.3. The van der Waals surface area contributed by atoms with Crippen molar-refractivity contribution in [2.45, 2.75) is 45.8 Å². The molecule has 0 radical (unpaired) electrons. The quantitative estimate of drug-likeness (QED) is 0.205. The van der Waals surface area contributed by atoms with Crippen LogP contribution < -0.4 is 20.2 Å². The maximum absolute atomic E-state index is 14.1. The molecule has 1 aromatic heterocycles. The van der Waals surface area contributed by atoms with Crippen LogP contribution in [0.3, 0.4) is 0 Å². The molecule has 2 aliphatic rings. The zero-order valence-corrected chi connectivity index (χ0v) is 26.1. The fraction of sp³-hybridized carbons (Fsp3) is 0.429. The van der Waals surface area contributed by atoms with E-state index in [-0.39, 0.29) is 23.8 Å². The molecule has 3 heterocycles. The minimum atomic E-state index is -0.586. The summed E-state index contributed by atoms with van der Waals surface area (Å²) in [6.07, 6.45) is 2.73. The molecule has 0 aliphatic carbocycles. The van der Waals surface area contributed by atoms with Gasteiger partial charge in [0, 0.05) is 55.1 Å². The summed E-state index contributed by atoms with van der Waals surface area (Å²) in [5.74, 6) is 0.0994. The monoisotopic (exact) mass is 617 g/mol. The number of hydrogen-bond acceptors (Lipinski definition) is 6. The van der Waals surface area contributed by atoms with Gasteiger partial charge in [-0.15, -0.1) is 0 Å². The molecular weight excluding hydrogens is 576 g/mol. The van der Waals surface area contributed by atoms with Gasteiger partial charge in [-0.2, -0.15) is 5.10 Å². The molecular formula is C35H41F2N5O3. The molecule has 45 heavy (non-hydrogen) atoms. The van der Waals surface area contributed by atoms with Crippen molar-refractivity contribution in [1.82, 2.24) is 14.3 Å². The molecule has 2 unspecified atom stereocenters. The molecule has 0 saturated carbocycles. The summed E-state index contributed by atoms with van der Waals surface area (Å²) >= 11 is 0. The lowest BCUT2D eigenvalue weighted by Gasteiger charge is -2.37. The zero-order chi connectivity index (χ0) is 31.5. The number of ether oxygens (including phenoxy) is 2. The van der Waals surface area contributed by atoms with Crippen molar-refractivity contribution in [3.05, 3.63) is 101 Å². The van der Waals surface area contributed by atoms with Crippen LogP contribution in [0, 0.1) is 23.5 Å². The Morgan fingerprint density at radius 1 is 0.911 bits per heavy atom. The van der Waals surface area contributed by atoms with Gasteiger partial charge in [-0.25, -0.2) is 22.8 Å². The summed E-state index contributed by atoms with van der Waals surface area (Å²) in [6.45, 7) is 10.8. The van der Waals surface area contributed by atoms with Crippen LogP contribution >= 0.6 is 0 Å². The van der Waals surface area contributed by atoms with Gasteiger partial charge in [-0.3, -0.25) is 0 Å². The van der Waals surface area contributed by atoms with E-state index in [0.717, 1.165) is 61.5 Å². The molecule has 238 valence electrons. The van der Waals surface area contributed by atoms with Crippen LogP contribution in [0.1, 0.15) is 51.3 Å². The molecule has 6 rings (SSSR count). The van der Waals surface area contributed by atoms with Crippen molar-refractivity contribution in [1.29, 1.82) is 0 Å². The molecule has 0 N–H and O–H groups in total. The number of anilines is 2. The van der Waals surface area contributed by atoms with Gasteiger partial charge >= 0.3 is 5.69 Å². The highest BCUT2D eigenvalue weighted by atomic mass is 19.1. The fourth-order valence-electron chi connectivity index (χ4n) is 6.45. The third-order valence-electron chi connectivity index (χ3n) is 9.05. The molecule has 2 saturated heterocycles. The van der Waals surface area contributed by atoms with Gasteiger partial charge in [0.15, 0.2) is 0 Å². The van der Waals surface area contributed by atoms with Gasteiger partial charge in [0.25, 0.3) is 0 Å². The van der Waals surface area contributed by atoms with Crippen molar-refractivity contribution >= 4 is 11.4 Å². The lowest BCUT2D eigenvalue weighted by Crippen LogP contribution is -2.46. The van der Waals surface area contributed by atoms with Crippen LogP contribution in [-0.4, -0.2) is 53.7 Å². The summed E-state index contributed by atoms with van der Waals surface area (Å²) in [7, 11) is 0. The van der Waals surface area contributed by atoms with Gasteiger partial charge in [0.2, 0.25) is 0 Å². The van der Waals surface area contributed by atoms with E-state index >= 15 is 0 Å². The Labute approximate surface area is 262 Å². The van der Waals surface area contributed by atoms with Crippen LogP contribution in [0.4, 0.5) is 20.2 Å². The van der Waals surface area contributed by atoms with Crippen molar-refractivity contribution in [3.63, 3.8) is 0 Å². The zero-order valence-electron chi connectivity index (χ0n) is 26.1. The molecule has 10 heteroatoms. The third-order valence-corrected chi connectivity index (χ3v) is 9.05. The highest BCUT2D eigenvalue weighted by Crippen LogP contribution is 2.34. The summed E-state index contributed by atoms with van der Waals surface area (Å²) in [5, 5.41) is 4.40. The Bertz CT molecular complexity index is 1630. The van der Waals surface area contributed by atoms with Crippen molar-refractivity contribution < 1.29 is 18.3 Å². The van der Waals surface area contributed by atoms with E-state index in [4.69, 9.17) is 9.47 Å². The molecule has 3 atom stereocenters. The van der Waals surface area contributed by atoms with Crippen molar-refractivity contribution in [2.24, 2.45) is 11.8 Å². The molecule has 2 aliphatic heterocycles. The van der Waals surface area contributed by atoms with Gasteiger partial charge in [-0.1, -0.05) is 26.8 Å². The van der Waals surface area contributed by atoms with Crippen molar-refractivity contribution in [2.75, 3.05) is 49.2 Å². The van der Waals surface area contributed by atoms with Gasteiger partial charge < -0.3 is 19.3 Å². The van der Waals surface area contributed by atoms with E-state index < -0.39 is 11.6 Å². The third kappa shape index (κ3) is 6.76. The Kier molecular flexibility index (Phi) is 9.21. The number of halogens is 2. The first-order valence-corrected chi connectivity index (χ1v) is 15.9. The highest BCUT2D eigenvalue weighted by Gasteiger charge is 2.29. The summed E-state index contributed by atoms with van der Waals surface area (Å²) in [5.41, 5.74) is 3.39. The number of rotatable bonds is 10. The molecule has 2 fully saturated rings. The van der Waals surface area contributed by atoms with Gasteiger partial charge in [0.05, 0.1) is 31.0 Å². The van der Waals surface area contributed by atoms with Crippen LogP contribution in [0.15, 0.2) is 77.9 Å². The summed E-state index contributed by atoms with van der Waals surface area (Å²) in [6, 6.07) is 20.0. The Hall–Kier alpha value is -4.18. The summed E-state index contributed by atoms with van der Waals surface area (Å²) in [4.78, 5) is 17.8. The molecule has 4 aromatic rings. The highest BCUT2D eigenvalue weighted by molar-refractivity contribution is 5.54. The van der Waals surface area contributed by atoms with E-state index in [0.29, 0.717) is 31.1 Å². The Balaban J connectivity index is 0.985. The molecule has 0 bridgehead atoms. The average Bonchev–Trinajstić information content (AvgIpc) is 3.67. The molecule has 0 amide bonds. The molecule has 8 nitrogen and oxygen atoms in total. The topological polar surface area (TPSA) is 64.8 Å². The maximum atomic E-state index is 14.1. The predicted octanol–water partition coefficient (Wildman–Crippen LogP) is 6.40. The van der Waals surface area contributed by atoms with Crippen LogP contribution in [0.5, 0.6) is 5.75 Å². The number of aromatic nitrogens is 3. The lowest BCUT2D eigenvalue weighted by atomic mass is 10.0. The second kappa shape index (κ2) is 13.4. The predicted molar refractivity (Wildman–Crippen MR) is 172 cm³/mol. The Morgan fingerprint density at radius 2 is 1.53 bits per heavy atom. The standard InChI is InChI=1S/C35H41F2N5O3/c1-4-33(24(2)3)42-35(43)41(23-38-42)29-8-6-27(7-9-29)39-15-17-40(18-16-39)28-10-12-30(13-11-28)44-21-25-19-34(45-22-25)31-14-5-26(36)20-32(31)37/h5-14,20,23-25,33-34H,4,15-19,21-22H2,1-3H3/t25-,33?,34?/m1/s1. The van der Waals surface area contributed by atoms with Crippen LogP contribution in [-0.2, 0) is 4.74 Å². The van der Waals surface area contributed by atoms with Crippen LogP contribution in [0.2, 0.25) is 0 Å². The SMILES string of the molecule is CCC(C(C)C)n1ncn(-c2ccc(N3CCN(c4ccc(OC[C@@H]5COC(c6ccc(F)cc6F)C5)cc4)CC3)cc2)c1=O. The van der Waals surface area contributed by atoms with E-state index in [1.807, 2.05) is 24.3 Å². The lowest BCUT2D eigenvalue weighted by molar-refractivity contribution is 0.100. The molecule has 0 spiro atoms. The van der Waals surface area contributed by atoms with Crippen molar-refractivity contribution in [3.8, 4) is 11.4 Å². The van der Waals surface area contributed by atoms with Gasteiger partial charge in [0.1, 0.15) is 23.7 Å². The minimum absolute atomic E-state index is 0.0847. The van der Waals surface area contributed by atoms with Crippen LogP contribution in [0.25, 0.3) is 5.69 Å². The smallest absolute Gasteiger partial charge is 0.350 e. The first-order chi connectivity index (χ1) is 21.8. The summed E-state index contributed by atoms with van der Waals surface area (Å²) < 4.78 is 42.4. The Morgan fingerprint density at radius 3 is 2.13 bits per heavy atom. The van der Waals surface area contributed by atoms with E-state index in [9.17, 15) is 13.6 Å². The fourth-order valence-corrected chi connectivity index (χ4v) is 6.45. The largest absolute Gasteiger partial charge is 0.493 e. The number of piperazine rings is 1. The second-order valence-corrected chi connectivity index (χ2v) is 12.3. The average molecular weight is 618 g/mol. The first-order valence-electron chi connectivity index (χ1n) is 15.9. The van der Waals surface area contributed by atoms with E-state index in [1.165, 1.54) is 12.1 Å². The maximum Gasteiger partial charge on any atom is 0.350 e. The molecule has 3 aromatic carbocycles. The number of hydrogen-bond donors (Lipinski definition) is 0. The normalized spacial score (nSPS) is 19.3. The minimum Gasteiger partial charge on any atom is -0.493 e. The first kappa shape index (κ1) is 30.8. The van der Waals surface area contributed by atoms with E-state index in [2.05, 4.69) is 59.9 Å². The number of nitrogens with zero attached hydrogens (tertiary/aromatic N) is 5. The number of benzene rings is 3. The van der Waals surface area contributed by atoms with Gasteiger partial charge in [-0.05, 0) is 73.4 Å². The van der Waals surface area contributed by atoms with E-state index in [1.54, 1.807) is 15.6 Å².